The van der Waals surface area contributed by atoms with Gasteiger partial charge < -0.3 is 4.98 Å². The van der Waals surface area contributed by atoms with E-state index < -0.39 is 11.7 Å². The lowest BCUT2D eigenvalue weighted by Crippen LogP contribution is -2.32. The smallest absolute Gasteiger partial charge is 0.361 e. The van der Waals surface area contributed by atoms with E-state index in [1.54, 1.807) is 0 Å². The number of hydrogen-bond acceptors (Lipinski definition) is 1. The van der Waals surface area contributed by atoms with Crippen LogP contribution >= 0.6 is 22.6 Å². The number of likely N-dealkylation sites (tertiary alicyclic amines) is 1. The average Bonchev–Trinajstić information content (AvgIpc) is 2.99. The number of fused-ring (bicyclic) bond motifs is 1. The first-order valence-corrected chi connectivity index (χ1v) is 10.2. The summed E-state index contributed by atoms with van der Waals surface area (Å²) in [6, 6.07) is 4.60. The van der Waals surface area contributed by atoms with Gasteiger partial charge >= 0.3 is 6.18 Å². The number of aromatic nitrogens is 1. The molecule has 0 radical (unpaired) electrons. The van der Waals surface area contributed by atoms with Crippen molar-refractivity contribution in [3.63, 3.8) is 0 Å². The van der Waals surface area contributed by atoms with E-state index >= 15 is 0 Å². The van der Waals surface area contributed by atoms with Crippen LogP contribution in [0.5, 0.6) is 0 Å². The zero-order valence-corrected chi connectivity index (χ0v) is 15.6. The first-order chi connectivity index (χ1) is 11.9. The molecule has 6 heteroatoms. The molecule has 1 aliphatic heterocycles. The first-order valence-electron chi connectivity index (χ1n) is 8.64. The molecule has 1 spiro atoms. The lowest BCUT2D eigenvalue weighted by Gasteiger charge is -2.29. The molecule has 1 saturated carbocycles. The van der Waals surface area contributed by atoms with Gasteiger partial charge in [-0.15, -0.1) is 0 Å². The van der Waals surface area contributed by atoms with Gasteiger partial charge in [-0.3, -0.25) is 4.90 Å². The maximum Gasteiger partial charge on any atom is 0.416 e. The Hall–Kier alpha value is -1.02. The van der Waals surface area contributed by atoms with Gasteiger partial charge in [0.25, 0.3) is 0 Å². The second kappa shape index (κ2) is 5.25. The fourth-order valence-corrected chi connectivity index (χ4v) is 5.94. The molecule has 1 aromatic carbocycles. The molecular formula is C19H18F3IN2. The van der Waals surface area contributed by atoms with Gasteiger partial charge in [0.1, 0.15) is 0 Å². The van der Waals surface area contributed by atoms with Crippen molar-refractivity contribution >= 4 is 33.5 Å². The number of benzene rings is 1. The van der Waals surface area contributed by atoms with E-state index in [1.165, 1.54) is 23.0 Å². The fourth-order valence-electron chi connectivity index (χ4n) is 5.10. The highest BCUT2D eigenvalue weighted by atomic mass is 127. The summed E-state index contributed by atoms with van der Waals surface area (Å²) in [6.45, 7) is 0.918. The molecule has 25 heavy (non-hydrogen) atoms. The minimum absolute atomic E-state index is 0.291. The summed E-state index contributed by atoms with van der Waals surface area (Å²) in [7, 11) is 0. The summed E-state index contributed by atoms with van der Waals surface area (Å²) in [6.07, 6.45) is 4.34. The lowest BCUT2D eigenvalue weighted by molar-refractivity contribution is -0.137. The molecule has 132 valence electrons. The van der Waals surface area contributed by atoms with Crippen LogP contribution in [0.15, 0.2) is 36.5 Å². The van der Waals surface area contributed by atoms with Gasteiger partial charge in [-0.25, -0.2) is 0 Å². The van der Waals surface area contributed by atoms with Crippen LogP contribution in [0.4, 0.5) is 13.2 Å². The number of piperidine rings is 1. The van der Waals surface area contributed by atoms with Crippen molar-refractivity contribution in [1.29, 1.82) is 0 Å². The largest absolute Gasteiger partial charge is 0.416 e. The summed E-state index contributed by atoms with van der Waals surface area (Å²) < 4.78 is 40.2. The molecule has 0 bridgehead atoms. The Kier molecular flexibility index (Phi) is 3.40. The SMILES string of the molecule is FC(F)(F)c1ccc2[nH]cc(CCN3C4C(CI)CC5C=CC543)c2c1. The first kappa shape index (κ1) is 16.2. The van der Waals surface area contributed by atoms with Crippen molar-refractivity contribution in [1.82, 2.24) is 9.88 Å². The number of nitrogens with one attached hydrogen (secondary N) is 1. The summed E-state index contributed by atoms with van der Waals surface area (Å²) in [5.74, 6) is 1.44. The van der Waals surface area contributed by atoms with Crippen LogP contribution in [-0.2, 0) is 12.6 Å². The van der Waals surface area contributed by atoms with Crippen LogP contribution in [0, 0.1) is 11.8 Å². The summed E-state index contributed by atoms with van der Waals surface area (Å²) in [5, 5.41) is 0.700. The molecule has 3 aliphatic rings. The molecule has 1 aromatic heterocycles. The minimum Gasteiger partial charge on any atom is -0.361 e. The Bertz CT molecular complexity index is 871. The van der Waals surface area contributed by atoms with Crippen LogP contribution in [0.2, 0.25) is 0 Å². The molecular weight excluding hydrogens is 440 g/mol. The number of nitrogens with zero attached hydrogens (tertiary/aromatic N) is 1. The van der Waals surface area contributed by atoms with Crippen LogP contribution in [0.1, 0.15) is 17.5 Å². The van der Waals surface area contributed by atoms with Gasteiger partial charge in [0.15, 0.2) is 0 Å². The lowest BCUT2D eigenvalue weighted by atomic mass is 9.83. The standard InChI is InChI=1S/C19H18F3IN2/c20-19(21,22)14-1-2-16-15(8-14)11(10-24-16)4-6-25-17-12(9-23)7-13-3-5-18(13,17)25/h1-3,5,8,10,12-13,17,24H,4,6-7,9H2. The Morgan fingerprint density at radius 3 is 2.84 bits per heavy atom. The van der Waals surface area contributed by atoms with Gasteiger partial charge in [0.2, 0.25) is 0 Å². The van der Waals surface area contributed by atoms with Gasteiger partial charge in [0.05, 0.1) is 11.1 Å². The van der Waals surface area contributed by atoms with Crippen LogP contribution in [0.3, 0.4) is 0 Å². The fraction of sp³-hybridized carbons (Fsp3) is 0.474. The van der Waals surface area contributed by atoms with Gasteiger partial charge in [-0.2, -0.15) is 13.2 Å². The second-order valence-corrected chi connectivity index (χ2v) is 8.34. The van der Waals surface area contributed by atoms with E-state index in [-0.39, 0.29) is 0 Å². The van der Waals surface area contributed by atoms with E-state index in [0.717, 1.165) is 36.0 Å². The second-order valence-electron chi connectivity index (χ2n) is 7.46. The Morgan fingerprint density at radius 1 is 1.32 bits per heavy atom. The maximum absolute atomic E-state index is 13.0. The van der Waals surface area contributed by atoms with Gasteiger partial charge in [-0.1, -0.05) is 34.7 Å². The van der Waals surface area contributed by atoms with E-state index in [4.69, 9.17) is 0 Å². The normalized spacial score (nSPS) is 35.5. The maximum atomic E-state index is 13.0. The predicted octanol–water partition coefficient (Wildman–Crippen LogP) is 4.79. The molecule has 2 nitrogen and oxygen atoms in total. The highest BCUT2D eigenvalue weighted by Gasteiger charge is 2.73. The number of rotatable bonds is 4. The van der Waals surface area contributed by atoms with Crippen molar-refractivity contribution in [2.24, 2.45) is 11.8 Å². The quantitative estimate of drug-likeness (QED) is 0.302. The van der Waals surface area contributed by atoms with Crippen molar-refractivity contribution in [3.05, 3.63) is 47.7 Å². The van der Waals surface area contributed by atoms with E-state index in [0.29, 0.717) is 22.9 Å². The molecule has 5 atom stereocenters. The van der Waals surface area contributed by atoms with Gasteiger partial charge in [-0.05, 0) is 42.5 Å². The van der Waals surface area contributed by atoms with Crippen molar-refractivity contribution in [2.75, 3.05) is 11.0 Å². The van der Waals surface area contributed by atoms with Crippen molar-refractivity contribution in [3.8, 4) is 0 Å². The highest BCUT2D eigenvalue weighted by Crippen LogP contribution is 2.65. The zero-order valence-electron chi connectivity index (χ0n) is 13.5. The number of hydrogen-bond donors (Lipinski definition) is 1. The zero-order chi connectivity index (χ0) is 17.4. The predicted molar refractivity (Wildman–Crippen MR) is 99.9 cm³/mol. The summed E-state index contributed by atoms with van der Waals surface area (Å²) in [5.41, 5.74) is 1.47. The van der Waals surface area contributed by atoms with E-state index in [2.05, 4.69) is 44.6 Å². The van der Waals surface area contributed by atoms with Crippen molar-refractivity contribution < 1.29 is 13.2 Å². The number of alkyl halides is 4. The highest BCUT2D eigenvalue weighted by molar-refractivity contribution is 14.1. The minimum atomic E-state index is -4.30. The monoisotopic (exact) mass is 458 g/mol. The molecule has 1 N–H and O–H groups in total. The van der Waals surface area contributed by atoms with E-state index in [9.17, 15) is 13.2 Å². The van der Waals surface area contributed by atoms with Crippen LogP contribution in [0.25, 0.3) is 10.9 Å². The Balaban J connectivity index is 1.37. The van der Waals surface area contributed by atoms with E-state index in [1.807, 2.05) is 6.20 Å². The number of halogens is 4. The van der Waals surface area contributed by atoms with Crippen molar-refractivity contribution in [2.45, 2.75) is 30.6 Å². The summed E-state index contributed by atoms with van der Waals surface area (Å²) >= 11 is 2.48. The van der Waals surface area contributed by atoms with Crippen LogP contribution in [-0.4, -0.2) is 32.4 Å². The third-order valence-corrected chi connectivity index (χ3v) is 7.48. The molecule has 0 amide bonds. The summed E-state index contributed by atoms with van der Waals surface area (Å²) in [4.78, 5) is 5.68. The third kappa shape index (κ3) is 2.19. The molecule has 2 fully saturated rings. The molecule has 2 heterocycles. The molecule has 2 aromatic rings. The Morgan fingerprint density at radius 2 is 2.16 bits per heavy atom. The Labute approximate surface area is 157 Å². The molecule has 5 rings (SSSR count). The molecule has 1 saturated heterocycles. The number of aromatic amines is 1. The van der Waals surface area contributed by atoms with Gasteiger partial charge in [0, 0.05) is 40.0 Å². The average molecular weight is 458 g/mol. The number of H-pyrrole nitrogens is 1. The topological polar surface area (TPSA) is 18.8 Å². The van der Waals surface area contributed by atoms with Crippen LogP contribution < -0.4 is 0 Å². The molecule has 5 unspecified atom stereocenters. The molecule has 2 aliphatic carbocycles. The third-order valence-electron chi connectivity index (χ3n) is 6.35.